The molecule has 0 aliphatic heterocycles. The van der Waals surface area contributed by atoms with Crippen LogP contribution >= 0.6 is 0 Å². The fourth-order valence-corrected chi connectivity index (χ4v) is 3.81. The largest absolute Gasteiger partial charge is 0.497 e. The van der Waals surface area contributed by atoms with Gasteiger partial charge in [-0.1, -0.05) is 25.1 Å². The highest BCUT2D eigenvalue weighted by Gasteiger charge is 2.15. The molecule has 0 aromatic heterocycles. The Kier molecular flexibility index (Phi) is 6.19. The first-order valence-electron chi connectivity index (χ1n) is 9.08. The Balaban J connectivity index is 1.75. The summed E-state index contributed by atoms with van der Waals surface area (Å²) in [6.45, 7) is 2.04. The lowest BCUT2D eigenvalue weighted by Gasteiger charge is -2.11. The van der Waals surface area contributed by atoms with E-state index in [1.807, 2.05) is 19.1 Å². The number of ether oxygens (including phenoxy) is 1. The van der Waals surface area contributed by atoms with E-state index in [1.165, 1.54) is 19.2 Å². The van der Waals surface area contributed by atoms with Crippen molar-refractivity contribution in [2.24, 2.45) is 0 Å². The summed E-state index contributed by atoms with van der Waals surface area (Å²) in [5.41, 5.74) is 2.45. The van der Waals surface area contributed by atoms with E-state index in [-0.39, 0.29) is 10.8 Å². The molecule has 3 aromatic carbocycles. The molecular weight excluding hydrogens is 388 g/mol. The molecule has 7 heteroatoms. The zero-order valence-corrected chi connectivity index (χ0v) is 17.0. The Morgan fingerprint density at radius 2 is 1.62 bits per heavy atom. The number of hydrogen-bond acceptors (Lipinski definition) is 4. The third-order valence-electron chi connectivity index (χ3n) is 4.37. The number of rotatable bonds is 7. The summed E-state index contributed by atoms with van der Waals surface area (Å²) in [6, 6.07) is 20.0. The minimum atomic E-state index is -3.81. The van der Waals surface area contributed by atoms with Crippen LogP contribution in [0.5, 0.6) is 5.75 Å². The highest BCUT2D eigenvalue weighted by molar-refractivity contribution is 7.92. The van der Waals surface area contributed by atoms with Crippen molar-refractivity contribution >= 4 is 27.3 Å². The number of carbonyl (C=O) groups is 1. The Hall–Kier alpha value is -3.32. The van der Waals surface area contributed by atoms with Gasteiger partial charge >= 0.3 is 0 Å². The van der Waals surface area contributed by atoms with E-state index in [4.69, 9.17) is 4.74 Å². The van der Waals surface area contributed by atoms with Gasteiger partial charge in [-0.2, -0.15) is 0 Å². The molecular formula is C22H22N2O4S. The maximum Gasteiger partial charge on any atom is 0.261 e. The number of aryl methyl sites for hydroxylation is 1. The van der Waals surface area contributed by atoms with Crippen molar-refractivity contribution in [2.45, 2.75) is 18.2 Å². The molecule has 0 saturated carbocycles. The van der Waals surface area contributed by atoms with Crippen LogP contribution in [0.2, 0.25) is 0 Å². The molecule has 6 nitrogen and oxygen atoms in total. The van der Waals surface area contributed by atoms with Crippen molar-refractivity contribution in [1.29, 1.82) is 0 Å². The third kappa shape index (κ3) is 5.14. The van der Waals surface area contributed by atoms with Crippen LogP contribution in [0.15, 0.2) is 77.7 Å². The van der Waals surface area contributed by atoms with E-state index in [0.717, 1.165) is 12.0 Å². The van der Waals surface area contributed by atoms with Gasteiger partial charge in [-0.25, -0.2) is 8.42 Å². The maximum atomic E-state index is 12.7. The number of amides is 1. The molecule has 0 aliphatic rings. The molecule has 3 rings (SSSR count). The Morgan fingerprint density at radius 1 is 0.931 bits per heavy atom. The van der Waals surface area contributed by atoms with Gasteiger partial charge in [-0.15, -0.1) is 0 Å². The SMILES string of the molecule is CCc1ccc(C(=O)Nc2cccc(S(=O)(=O)Nc3ccc(OC)cc3)c2)cc1. The molecule has 0 radical (unpaired) electrons. The smallest absolute Gasteiger partial charge is 0.261 e. The number of nitrogens with one attached hydrogen (secondary N) is 2. The van der Waals surface area contributed by atoms with Crippen LogP contribution in [0.25, 0.3) is 0 Å². The minimum Gasteiger partial charge on any atom is -0.497 e. The summed E-state index contributed by atoms with van der Waals surface area (Å²) in [5.74, 6) is 0.329. The van der Waals surface area contributed by atoms with E-state index in [2.05, 4.69) is 10.0 Å². The van der Waals surface area contributed by atoms with Gasteiger partial charge in [-0.3, -0.25) is 9.52 Å². The van der Waals surface area contributed by atoms with Crippen LogP contribution in [0.4, 0.5) is 11.4 Å². The molecule has 0 unspecified atom stereocenters. The van der Waals surface area contributed by atoms with Crippen molar-refractivity contribution in [3.8, 4) is 5.75 Å². The molecule has 2 N–H and O–H groups in total. The fourth-order valence-electron chi connectivity index (χ4n) is 2.71. The van der Waals surface area contributed by atoms with Crippen LogP contribution in [-0.4, -0.2) is 21.4 Å². The van der Waals surface area contributed by atoms with E-state index in [0.29, 0.717) is 22.7 Å². The van der Waals surface area contributed by atoms with Crippen molar-refractivity contribution < 1.29 is 17.9 Å². The van der Waals surface area contributed by atoms with Crippen LogP contribution < -0.4 is 14.8 Å². The first-order chi connectivity index (χ1) is 13.9. The second kappa shape index (κ2) is 8.79. The minimum absolute atomic E-state index is 0.0486. The van der Waals surface area contributed by atoms with Crippen LogP contribution in [-0.2, 0) is 16.4 Å². The molecule has 150 valence electrons. The summed E-state index contributed by atoms with van der Waals surface area (Å²) < 4.78 is 32.9. The number of sulfonamides is 1. The lowest BCUT2D eigenvalue weighted by Crippen LogP contribution is -2.15. The summed E-state index contributed by atoms with van der Waals surface area (Å²) in [6.07, 6.45) is 0.892. The predicted molar refractivity (Wildman–Crippen MR) is 114 cm³/mol. The van der Waals surface area contributed by atoms with Gasteiger partial charge in [0.05, 0.1) is 12.0 Å². The number of carbonyl (C=O) groups excluding carboxylic acids is 1. The highest BCUT2D eigenvalue weighted by atomic mass is 32.2. The number of hydrogen-bond donors (Lipinski definition) is 2. The van der Waals surface area contributed by atoms with Crippen LogP contribution in [0.3, 0.4) is 0 Å². The third-order valence-corrected chi connectivity index (χ3v) is 5.75. The Morgan fingerprint density at radius 3 is 2.24 bits per heavy atom. The first-order valence-corrected chi connectivity index (χ1v) is 10.6. The van der Waals surface area contributed by atoms with Crippen molar-refractivity contribution in [3.05, 3.63) is 83.9 Å². The summed E-state index contributed by atoms with van der Waals surface area (Å²) >= 11 is 0. The average molecular weight is 410 g/mol. The molecule has 0 saturated heterocycles. The highest BCUT2D eigenvalue weighted by Crippen LogP contribution is 2.21. The zero-order chi connectivity index (χ0) is 20.9. The van der Waals surface area contributed by atoms with Gasteiger partial charge in [0.25, 0.3) is 15.9 Å². The van der Waals surface area contributed by atoms with Gasteiger partial charge in [0.15, 0.2) is 0 Å². The van der Waals surface area contributed by atoms with Gasteiger partial charge in [0, 0.05) is 16.9 Å². The number of methoxy groups -OCH3 is 1. The molecule has 0 aliphatic carbocycles. The summed E-state index contributed by atoms with van der Waals surface area (Å²) in [7, 11) is -2.27. The fraction of sp³-hybridized carbons (Fsp3) is 0.136. The second-order valence-corrected chi connectivity index (χ2v) is 8.05. The maximum absolute atomic E-state index is 12.7. The molecule has 0 bridgehead atoms. The molecule has 0 atom stereocenters. The molecule has 0 spiro atoms. The molecule has 29 heavy (non-hydrogen) atoms. The van der Waals surface area contributed by atoms with E-state index < -0.39 is 10.0 Å². The average Bonchev–Trinajstić information content (AvgIpc) is 2.74. The molecule has 1 amide bonds. The molecule has 0 fully saturated rings. The second-order valence-electron chi connectivity index (χ2n) is 6.37. The van der Waals surface area contributed by atoms with Crippen molar-refractivity contribution in [2.75, 3.05) is 17.1 Å². The zero-order valence-electron chi connectivity index (χ0n) is 16.2. The van der Waals surface area contributed by atoms with Crippen LogP contribution in [0.1, 0.15) is 22.8 Å². The number of anilines is 2. The normalized spacial score (nSPS) is 11.0. The topological polar surface area (TPSA) is 84.5 Å². The van der Waals surface area contributed by atoms with Gasteiger partial charge in [0.1, 0.15) is 5.75 Å². The monoisotopic (exact) mass is 410 g/mol. The van der Waals surface area contributed by atoms with Gasteiger partial charge < -0.3 is 10.1 Å². The lowest BCUT2D eigenvalue weighted by atomic mass is 10.1. The standard InChI is InChI=1S/C22H22N2O4S/c1-3-16-7-9-17(10-8-16)22(25)23-19-5-4-6-21(15-19)29(26,27)24-18-11-13-20(28-2)14-12-18/h4-15,24H,3H2,1-2H3,(H,23,25). The van der Waals surface area contributed by atoms with Crippen molar-refractivity contribution in [1.82, 2.24) is 0 Å². The van der Waals surface area contributed by atoms with E-state index in [9.17, 15) is 13.2 Å². The first kappa shape index (κ1) is 20.4. The van der Waals surface area contributed by atoms with Crippen molar-refractivity contribution in [3.63, 3.8) is 0 Å². The summed E-state index contributed by atoms with van der Waals surface area (Å²) in [4.78, 5) is 12.5. The summed E-state index contributed by atoms with van der Waals surface area (Å²) in [5, 5.41) is 2.74. The lowest BCUT2D eigenvalue weighted by molar-refractivity contribution is 0.102. The number of benzene rings is 3. The Labute approximate surface area is 170 Å². The molecule has 3 aromatic rings. The van der Waals surface area contributed by atoms with Gasteiger partial charge in [-0.05, 0) is 66.6 Å². The quantitative estimate of drug-likeness (QED) is 0.608. The van der Waals surface area contributed by atoms with E-state index in [1.54, 1.807) is 48.5 Å². The van der Waals surface area contributed by atoms with Crippen LogP contribution in [0, 0.1) is 0 Å². The van der Waals surface area contributed by atoms with Gasteiger partial charge in [0.2, 0.25) is 0 Å². The van der Waals surface area contributed by atoms with E-state index >= 15 is 0 Å². The molecule has 0 heterocycles. The predicted octanol–water partition coefficient (Wildman–Crippen LogP) is 4.31. The Bertz CT molecular complexity index is 1090.